The van der Waals surface area contributed by atoms with Gasteiger partial charge in [-0.2, -0.15) is 4.57 Å². The molecule has 0 saturated carbocycles. The highest BCUT2D eigenvalue weighted by Crippen LogP contribution is 2.42. The molecule has 2 unspecified atom stereocenters. The highest BCUT2D eigenvalue weighted by atomic mass is 16.3. The number of aromatic nitrogens is 2. The molecule has 1 aliphatic rings. The van der Waals surface area contributed by atoms with E-state index in [1.807, 2.05) is 6.07 Å². The molecule has 4 heterocycles. The molecule has 3 heteroatoms. The van der Waals surface area contributed by atoms with E-state index in [0.717, 1.165) is 35.1 Å². The third-order valence-electron chi connectivity index (χ3n) is 8.17. The molecular weight excluding hydrogens is 464 g/mol. The van der Waals surface area contributed by atoms with E-state index in [0.29, 0.717) is 5.92 Å². The maximum Gasteiger partial charge on any atom is 0.216 e. The van der Waals surface area contributed by atoms with E-state index in [-0.39, 0.29) is 6.04 Å². The summed E-state index contributed by atoms with van der Waals surface area (Å²) in [5.41, 5.74) is 9.53. The van der Waals surface area contributed by atoms with Gasteiger partial charge >= 0.3 is 0 Å². The quantitative estimate of drug-likeness (QED) is 0.180. The van der Waals surface area contributed by atoms with Crippen molar-refractivity contribution in [3.63, 3.8) is 0 Å². The van der Waals surface area contributed by atoms with Gasteiger partial charge in [-0.1, -0.05) is 55.1 Å². The lowest BCUT2D eigenvalue weighted by molar-refractivity contribution is -0.707. The third kappa shape index (κ3) is 3.50. The van der Waals surface area contributed by atoms with Gasteiger partial charge in [0.2, 0.25) is 11.4 Å². The van der Waals surface area contributed by atoms with Crippen LogP contribution in [0, 0.1) is 0 Å². The van der Waals surface area contributed by atoms with Crippen molar-refractivity contribution in [2.75, 3.05) is 0 Å². The Hall–Kier alpha value is -4.50. The van der Waals surface area contributed by atoms with Crippen LogP contribution < -0.4 is 9.13 Å². The Bertz CT molecular complexity index is 1830. The number of pyridine rings is 2. The van der Waals surface area contributed by atoms with E-state index < -0.39 is 0 Å². The number of allylic oxidation sites excluding steroid dienone is 1. The molecule has 0 amide bonds. The Morgan fingerprint density at radius 2 is 1.55 bits per heavy atom. The van der Waals surface area contributed by atoms with Crippen LogP contribution in [0.5, 0.6) is 0 Å². The molecule has 3 aromatic carbocycles. The number of rotatable bonds is 5. The van der Waals surface area contributed by atoms with E-state index in [2.05, 4.69) is 132 Å². The van der Waals surface area contributed by atoms with Crippen LogP contribution in [0.15, 0.2) is 127 Å². The highest BCUT2D eigenvalue weighted by molar-refractivity contribution is 6.09. The minimum absolute atomic E-state index is 0.201. The Balaban J connectivity index is 1.36. The normalized spacial score (nSPS) is 16.3. The van der Waals surface area contributed by atoms with E-state index >= 15 is 0 Å². The van der Waals surface area contributed by atoms with Crippen LogP contribution in [0.3, 0.4) is 0 Å². The van der Waals surface area contributed by atoms with Gasteiger partial charge in [0.1, 0.15) is 18.2 Å². The first-order valence-corrected chi connectivity index (χ1v) is 13.3. The zero-order valence-electron chi connectivity index (χ0n) is 21.5. The molecule has 3 aromatic heterocycles. The predicted octanol–water partition coefficient (Wildman–Crippen LogP) is 7.49. The summed E-state index contributed by atoms with van der Waals surface area (Å²) in [6.45, 7) is 4.26. The largest absolute Gasteiger partial charge is 0.455 e. The minimum Gasteiger partial charge on any atom is -0.455 e. The van der Waals surface area contributed by atoms with Crippen molar-refractivity contribution >= 4 is 21.9 Å². The van der Waals surface area contributed by atoms with Crippen molar-refractivity contribution in [2.45, 2.75) is 24.8 Å². The molecule has 0 bridgehead atoms. The first-order chi connectivity index (χ1) is 18.7. The smallest absolute Gasteiger partial charge is 0.216 e. The fourth-order valence-corrected chi connectivity index (χ4v) is 6.39. The van der Waals surface area contributed by atoms with Crippen LogP contribution in [0.25, 0.3) is 44.5 Å². The number of fused-ring (bicyclic) bond motifs is 6. The molecule has 0 N–H and O–H groups in total. The SMILES string of the molecule is C=CC1C(CCc2ccc3c(oc4ccccc43)c2-c2cccc[n+]2C)c2ccccc2-c2cccc[n+]21. The molecule has 2 atom stereocenters. The van der Waals surface area contributed by atoms with Crippen molar-refractivity contribution in [3.05, 3.63) is 133 Å². The number of aryl methyl sites for hydroxylation is 2. The topological polar surface area (TPSA) is 20.9 Å². The Morgan fingerprint density at radius 3 is 2.42 bits per heavy atom. The van der Waals surface area contributed by atoms with E-state index in [4.69, 9.17) is 4.42 Å². The standard InChI is InChI=1S/C35H30N2O/c1-3-30-27(25-12-4-5-13-26(25)31-15-9-11-23-37(30)31)20-18-24-19-21-29-28-14-6-7-17-33(28)38-35(29)34(24)32-16-8-10-22-36(32)2/h3-17,19,21-23,27,30H,1,18,20H2,2H3/q+2. The number of hydrogen-bond donors (Lipinski definition) is 0. The van der Waals surface area contributed by atoms with Crippen LogP contribution in [0.2, 0.25) is 0 Å². The first kappa shape index (κ1) is 22.7. The van der Waals surface area contributed by atoms with Crippen molar-refractivity contribution in [3.8, 4) is 22.5 Å². The number of benzene rings is 3. The van der Waals surface area contributed by atoms with Gasteiger partial charge in [-0.3, -0.25) is 0 Å². The van der Waals surface area contributed by atoms with Gasteiger partial charge in [0.25, 0.3) is 0 Å². The van der Waals surface area contributed by atoms with Crippen LogP contribution in [0.4, 0.5) is 0 Å². The average Bonchev–Trinajstić information content (AvgIpc) is 3.35. The molecule has 38 heavy (non-hydrogen) atoms. The Morgan fingerprint density at radius 1 is 0.789 bits per heavy atom. The van der Waals surface area contributed by atoms with Gasteiger partial charge in [-0.25, -0.2) is 4.57 Å². The number of furan rings is 1. The second-order valence-electron chi connectivity index (χ2n) is 10.2. The molecular formula is C35H30N2O+2. The monoisotopic (exact) mass is 494 g/mol. The fraction of sp³-hybridized carbons (Fsp3) is 0.143. The number of hydrogen-bond acceptors (Lipinski definition) is 1. The van der Waals surface area contributed by atoms with Crippen LogP contribution in [0.1, 0.15) is 29.5 Å². The Kier molecular flexibility index (Phi) is 5.44. The summed E-state index contributed by atoms with van der Waals surface area (Å²) in [5.74, 6) is 0.326. The molecule has 0 saturated heterocycles. The van der Waals surface area contributed by atoms with Crippen LogP contribution >= 0.6 is 0 Å². The molecule has 1 aliphatic heterocycles. The van der Waals surface area contributed by atoms with Crippen LogP contribution in [-0.4, -0.2) is 0 Å². The average molecular weight is 495 g/mol. The summed E-state index contributed by atoms with van der Waals surface area (Å²) in [7, 11) is 2.11. The van der Waals surface area contributed by atoms with Crippen molar-refractivity contribution in [2.24, 2.45) is 7.05 Å². The molecule has 7 rings (SSSR count). The van der Waals surface area contributed by atoms with E-state index in [1.165, 1.54) is 33.3 Å². The molecule has 0 radical (unpaired) electrons. The lowest BCUT2D eigenvalue weighted by Crippen LogP contribution is -2.46. The summed E-state index contributed by atoms with van der Waals surface area (Å²) in [6.07, 6.45) is 8.36. The van der Waals surface area contributed by atoms with Gasteiger partial charge in [-0.05, 0) is 54.3 Å². The number of nitrogens with zero attached hydrogens (tertiary/aromatic N) is 2. The van der Waals surface area contributed by atoms with Gasteiger partial charge < -0.3 is 4.42 Å². The van der Waals surface area contributed by atoms with Crippen molar-refractivity contribution in [1.82, 2.24) is 0 Å². The predicted molar refractivity (Wildman–Crippen MR) is 153 cm³/mol. The van der Waals surface area contributed by atoms with Gasteiger partial charge in [0.05, 0.1) is 11.5 Å². The summed E-state index contributed by atoms with van der Waals surface area (Å²) in [6, 6.07) is 34.8. The first-order valence-electron chi connectivity index (χ1n) is 13.3. The summed E-state index contributed by atoms with van der Waals surface area (Å²) in [4.78, 5) is 0. The van der Waals surface area contributed by atoms with Gasteiger partial charge in [0, 0.05) is 40.6 Å². The van der Waals surface area contributed by atoms with Crippen molar-refractivity contribution in [1.29, 1.82) is 0 Å². The minimum atomic E-state index is 0.201. The van der Waals surface area contributed by atoms with Crippen LogP contribution in [-0.2, 0) is 13.5 Å². The second kappa shape index (κ2) is 9.11. The molecule has 0 fully saturated rings. The molecule has 6 aromatic rings. The van der Waals surface area contributed by atoms with E-state index in [9.17, 15) is 0 Å². The molecule has 0 aliphatic carbocycles. The third-order valence-corrected chi connectivity index (χ3v) is 8.17. The summed E-state index contributed by atoms with van der Waals surface area (Å²) < 4.78 is 11.1. The zero-order chi connectivity index (χ0) is 25.6. The van der Waals surface area contributed by atoms with Crippen molar-refractivity contribution < 1.29 is 13.6 Å². The number of para-hydroxylation sites is 1. The molecule has 3 nitrogen and oxygen atoms in total. The summed E-state index contributed by atoms with van der Waals surface area (Å²) >= 11 is 0. The van der Waals surface area contributed by atoms with Gasteiger partial charge in [-0.15, -0.1) is 0 Å². The second-order valence-corrected chi connectivity index (χ2v) is 10.2. The summed E-state index contributed by atoms with van der Waals surface area (Å²) in [5, 5.41) is 2.33. The zero-order valence-corrected chi connectivity index (χ0v) is 21.5. The maximum atomic E-state index is 6.54. The van der Waals surface area contributed by atoms with Gasteiger partial charge in [0.15, 0.2) is 18.4 Å². The lowest BCUT2D eigenvalue weighted by atomic mass is 9.79. The fourth-order valence-electron chi connectivity index (χ4n) is 6.39. The molecule has 0 spiro atoms. The molecule has 184 valence electrons. The van der Waals surface area contributed by atoms with E-state index in [1.54, 1.807) is 0 Å². The lowest BCUT2D eigenvalue weighted by Gasteiger charge is -2.29. The highest BCUT2D eigenvalue weighted by Gasteiger charge is 2.37. The maximum absolute atomic E-state index is 6.54. The Labute approximate surface area is 222 Å².